The fraction of sp³-hybridized carbons (Fsp3) is 0.333. The van der Waals surface area contributed by atoms with E-state index >= 15 is 0 Å². The molecule has 68 valence electrons. The van der Waals surface area contributed by atoms with Gasteiger partial charge in [0.15, 0.2) is 0 Å². The Kier molecular flexibility index (Phi) is 3.31. The molecule has 4 nitrogen and oxygen atoms in total. The van der Waals surface area contributed by atoms with Crippen molar-refractivity contribution in [3.8, 4) is 0 Å². The minimum atomic E-state index is -0.697. The van der Waals surface area contributed by atoms with Crippen LogP contribution in [0.4, 0.5) is 0 Å². The topological polar surface area (TPSA) is 69.0 Å². The van der Waals surface area contributed by atoms with Crippen LogP contribution in [0.15, 0.2) is 29.4 Å². The first kappa shape index (κ1) is 9.58. The van der Waals surface area contributed by atoms with Crippen LogP contribution in [0.25, 0.3) is 10.4 Å². The molecule has 13 heavy (non-hydrogen) atoms. The summed E-state index contributed by atoms with van der Waals surface area (Å²) in [5.74, 6) is 0. The van der Waals surface area contributed by atoms with Gasteiger partial charge in [0.2, 0.25) is 0 Å². The Labute approximate surface area is 76.5 Å². The molecule has 0 aromatic heterocycles. The van der Waals surface area contributed by atoms with Crippen molar-refractivity contribution in [3.05, 3.63) is 45.8 Å². The van der Waals surface area contributed by atoms with E-state index in [0.29, 0.717) is 0 Å². The SMILES string of the molecule is Cc1ccccc1[C@H](O)CN=[N+]=[N-]. The van der Waals surface area contributed by atoms with Crippen LogP contribution in [0.1, 0.15) is 17.2 Å². The van der Waals surface area contributed by atoms with Crippen LogP contribution >= 0.6 is 0 Å². The van der Waals surface area contributed by atoms with Gasteiger partial charge >= 0.3 is 0 Å². The lowest BCUT2D eigenvalue weighted by Crippen LogP contribution is -2.02. The maximum atomic E-state index is 9.57. The average molecular weight is 177 g/mol. The third kappa shape index (κ3) is 2.47. The van der Waals surface area contributed by atoms with Crippen molar-refractivity contribution in [2.45, 2.75) is 13.0 Å². The summed E-state index contributed by atoms with van der Waals surface area (Å²) in [6, 6.07) is 7.49. The van der Waals surface area contributed by atoms with E-state index in [1.807, 2.05) is 31.2 Å². The van der Waals surface area contributed by atoms with Gasteiger partial charge in [0.1, 0.15) is 0 Å². The molecule has 1 aromatic carbocycles. The van der Waals surface area contributed by atoms with Crippen LogP contribution < -0.4 is 0 Å². The highest BCUT2D eigenvalue weighted by atomic mass is 16.3. The van der Waals surface area contributed by atoms with Crippen molar-refractivity contribution in [2.24, 2.45) is 5.11 Å². The molecule has 0 saturated carbocycles. The minimum Gasteiger partial charge on any atom is -0.388 e. The lowest BCUT2D eigenvalue weighted by Gasteiger charge is -2.10. The minimum absolute atomic E-state index is 0.0847. The van der Waals surface area contributed by atoms with Gasteiger partial charge in [-0.15, -0.1) is 0 Å². The van der Waals surface area contributed by atoms with Crippen molar-refractivity contribution in [1.82, 2.24) is 0 Å². The zero-order valence-corrected chi connectivity index (χ0v) is 7.38. The molecule has 0 saturated heterocycles. The van der Waals surface area contributed by atoms with Crippen molar-refractivity contribution in [1.29, 1.82) is 0 Å². The molecule has 0 amide bonds. The van der Waals surface area contributed by atoms with E-state index < -0.39 is 6.10 Å². The summed E-state index contributed by atoms with van der Waals surface area (Å²) in [4.78, 5) is 2.60. The zero-order valence-electron chi connectivity index (χ0n) is 7.38. The highest BCUT2D eigenvalue weighted by Crippen LogP contribution is 2.16. The molecule has 1 rings (SSSR count). The first-order chi connectivity index (χ1) is 6.25. The summed E-state index contributed by atoms with van der Waals surface area (Å²) in [7, 11) is 0. The van der Waals surface area contributed by atoms with Gasteiger partial charge in [-0.25, -0.2) is 0 Å². The number of rotatable bonds is 3. The summed E-state index contributed by atoms with van der Waals surface area (Å²) in [6.45, 7) is 2.00. The molecule has 0 aliphatic heterocycles. The second kappa shape index (κ2) is 4.50. The Morgan fingerprint density at radius 2 is 2.23 bits per heavy atom. The van der Waals surface area contributed by atoms with Crippen LogP contribution in [0.5, 0.6) is 0 Å². The summed E-state index contributed by atoms with van der Waals surface area (Å²) >= 11 is 0. The van der Waals surface area contributed by atoms with Gasteiger partial charge in [0.25, 0.3) is 0 Å². The normalized spacial score (nSPS) is 11.8. The number of hydrogen-bond donors (Lipinski definition) is 1. The smallest absolute Gasteiger partial charge is 0.0848 e. The number of aliphatic hydroxyl groups is 1. The van der Waals surface area contributed by atoms with Crippen molar-refractivity contribution >= 4 is 0 Å². The molecule has 1 aromatic rings. The summed E-state index contributed by atoms with van der Waals surface area (Å²) in [6.07, 6.45) is -0.697. The number of azide groups is 1. The van der Waals surface area contributed by atoms with E-state index in [9.17, 15) is 5.11 Å². The van der Waals surface area contributed by atoms with Gasteiger partial charge in [0.05, 0.1) is 12.6 Å². The Morgan fingerprint density at radius 3 is 2.85 bits per heavy atom. The van der Waals surface area contributed by atoms with Crippen LogP contribution in [0, 0.1) is 6.92 Å². The van der Waals surface area contributed by atoms with Gasteiger partial charge in [-0.2, -0.15) is 0 Å². The zero-order chi connectivity index (χ0) is 9.68. The molecule has 0 bridgehead atoms. The van der Waals surface area contributed by atoms with E-state index in [0.717, 1.165) is 11.1 Å². The second-order valence-corrected chi connectivity index (χ2v) is 2.79. The molecule has 4 heteroatoms. The van der Waals surface area contributed by atoms with Crippen LogP contribution in [0.3, 0.4) is 0 Å². The molecule has 1 N–H and O–H groups in total. The Balaban J connectivity index is 2.81. The van der Waals surface area contributed by atoms with Gasteiger partial charge in [-0.1, -0.05) is 29.4 Å². The number of aryl methyl sites for hydroxylation is 1. The molecule has 0 unspecified atom stereocenters. The average Bonchev–Trinajstić information content (AvgIpc) is 2.15. The Hall–Kier alpha value is -1.51. The molecule has 0 aliphatic rings. The van der Waals surface area contributed by atoms with Crippen LogP contribution in [-0.4, -0.2) is 11.7 Å². The third-order valence-electron chi connectivity index (χ3n) is 1.87. The van der Waals surface area contributed by atoms with Crippen molar-refractivity contribution < 1.29 is 5.11 Å². The highest BCUT2D eigenvalue weighted by Gasteiger charge is 2.07. The Morgan fingerprint density at radius 1 is 1.54 bits per heavy atom. The fourth-order valence-corrected chi connectivity index (χ4v) is 1.17. The largest absolute Gasteiger partial charge is 0.388 e. The van der Waals surface area contributed by atoms with Gasteiger partial charge in [-0.05, 0) is 23.6 Å². The fourth-order valence-electron chi connectivity index (χ4n) is 1.17. The lowest BCUT2D eigenvalue weighted by molar-refractivity contribution is 0.186. The van der Waals surface area contributed by atoms with Gasteiger partial charge in [0, 0.05) is 4.91 Å². The third-order valence-corrected chi connectivity index (χ3v) is 1.87. The molecule has 0 radical (unpaired) electrons. The Bertz CT molecular complexity index is 331. The van der Waals surface area contributed by atoms with Crippen molar-refractivity contribution in [3.63, 3.8) is 0 Å². The summed E-state index contributed by atoms with van der Waals surface area (Å²) in [5.41, 5.74) is 9.90. The standard InChI is InChI=1S/C9H11N3O/c1-7-4-2-3-5-8(7)9(13)6-11-12-10/h2-5,9,13H,6H2,1H3/t9-/m1/s1. The molecular weight excluding hydrogens is 166 g/mol. The number of aliphatic hydroxyl groups excluding tert-OH is 1. The lowest BCUT2D eigenvalue weighted by atomic mass is 10.0. The number of hydrogen-bond acceptors (Lipinski definition) is 2. The van der Waals surface area contributed by atoms with Gasteiger partial charge < -0.3 is 5.11 Å². The maximum Gasteiger partial charge on any atom is 0.0848 e. The van der Waals surface area contributed by atoms with E-state index in [1.165, 1.54) is 0 Å². The first-order valence-electron chi connectivity index (χ1n) is 4.00. The monoisotopic (exact) mass is 177 g/mol. The maximum absolute atomic E-state index is 9.57. The van der Waals surface area contributed by atoms with Crippen molar-refractivity contribution in [2.75, 3.05) is 6.54 Å². The number of nitrogens with zero attached hydrogens (tertiary/aromatic N) is 3. The van der Waals surface area contributed by atoms with Crippen LogP contribution in [0.2, 0.25) is 0 Å². The van der Waals surface area contributed by atoms with E-state index in [1.54, 1.807) is 0 Å². The first-order valence-corrected chi connectivity index (χ1v) is 4.00. The quantitative estimate of drug-likeness (QED) is 0.429. The molecule has 0 spiro atoms. The molecule has 1 atom stereocenters. The van der Waals surface area contributed by atoms with E-state index in [4.69, 9.17) is 5.53 Å². The summed E-state index contributed by atoms with van der Waals surface area (Å²) < 4.78 is 0. The predicted octanol–water partition coefficient (Wildman–Crippen LogP) is 2.34. The van der Waals surface area contributed by atoms with Gasteiger partial charge in [-0.3, -0.25) is 0 Å². The highest BCUT2D eigenvalue weighted by molar-refractivity contribution is 5.27. The predicted molar refractivity (Wildman–Crippen MR) is 50.2 cm³/mol. The molecular formula is C9H11N3O. The number of benzene rings is 1. The van der Waals surface area contributed by atoms with E-state index in [-0.39, 0.29) is 6.54 Å². The van der Waals surface area contributed by atoms with E-state index in [2.05, 4.69) is 10.0 Å². The van der Waals surface area contributed by atoms with Crippen LogP contribution in [-0.2, 0) is 0 Å². The second-order valence-electron chi connectivity index (χ2n) is 2.79. The molecule has 0 fully saturated rings. The molecule has 0 aliphatic carbocycles. The molecule has 0 heterocycles. The summed E-state index contributed by atoms with van der Waals surface area (Å²) in [5, 5.41) is 12.9.